The van der Waals surface area contributed by atoms with Crippen LogP contribution in [0.3, 0.4) is 0 Å². The van der Waals surface area contributed by atoms with Gasteiger partial charge in [-0.15, -0.1) is 0 Å². The lowest BCUT2D eigenvalue weighted by Gasteiger charge is -1.98. The van der Waals surface area contributed by atoms with E-state index in [4.69, 9.17) is 9.90 Å². The Balaban J connectivity index is 0.000000133. The fourth-order valence-electron chi connectivity index (χ4n) is 1.68. The number of fused-ring (bicyclic) bond motifs is 2. The normalized spacial score (nSPS) is 23.2. The molecular formula is C10H12FO2-. The standard InChI is InChI=1S/C7H10.C3H3FO2/c1-2-7-4-3-6(1)5-7;1-2(4)3(5)6/h1,7H,2-5H2;1H2,(H,5,6)/p-1. The maximum atomic E-state index is 11.0. The second-order valence-corrected chi connectivity index (χ2v) is 3.40. The maximum absolute atomic E-state index is 11.0. The molecule has 0 saturated heterocycles. The molecule has 3 heteroatoms. The molecule has 1 saturated carbocycles. The number of rotatable bonds is 1. The molecule has 0 spiro atoms. The highest BCUT2D eigenvalue weighted by Crippen LogP contribution is 2.38. The summed E-state index contributed by atoms with van der Waals surface area (Å²) >= 11 is 0. The average Bonchev–Trinajstić information content (AvgIpc) is 2.67. The Morgan fingerprint density at radius 1 is 1.69 bits per heavy atom. The third kappa shape index (κ3) is 3.01. The first-order valence-electron chi connectivity index (χ1n) is 4.33. The smallest absolute Gasteiger partial charge is 0.138 e. The Labute approximate surface area is 76.8 Å². The number of hydrogen-bond acceptors (Lipinski definition) is 2. The van der Waals surface area contributed by atoms with Crippen molar-refractivity contribution in [3.8, 4) is 0 Å². The zero-order chi connectivity index (χ0) is 9.84. The summed E-state index contributed by atoms with van der Waals surface area (Å²) < 4.78 is 11.0. The van der Waals surface area contributed by atoms with Gasteiger partial charge in [-0.05, 0) is 31.6 Å². The van der Waals surface area contributed by atoms with E-state index in [1.807, 2.05) is 0 Å². The van der Waals surface area contributed by atoms with Gasteiger partial charge >= 0.3 is 0 Å². The van der Waals surface area contributed by atoms with E-state index in [1.165, 1.54) is 25.7 Å². The summed E-state index contributed by atoms with van der Waals surface area (Å²) in [7, 11) is 0. The molecule has 0 aromatic carbocycles. The van der Waals surface area contributed by atoms with E-state index in [0.717, 1.165) is 5.92 Å². The van der Waals surface area contributed by atoms with Crippen molar-refractivity contribution in [3.63, 3.8) is 0 Å². The van der Waals surface area contributed by atoms with Gasteiger partial charge in [0.05, 0.1) is 5.97 Å². The largest absolute Gasteiger partial charge is 0.542 e. The Morgan fingerprint density at radius 3 is 2.38 bits per heavy atom. The molecule has 2 aliphatic rings. The van der Waals surface area contributed by atoms with E-state index < -0.39 is 11.8 Å². The third-order valence-electron chi connectivity index (χ3n) is 2.39. The summed E-state index contributed by atoms with van der Waals surface area (Å²) in [6, 6.07) is 0. The van der Waals surface area contributed by atoms with Gasteiger partial charge in [-0.1, -0.05) is 18.2 Å². The number of carbonyl (C=O) groups is 1. The van der Waals surface area contributed by atoms with Crippen LogP contribution < -0.4 is 5.11 Å². The van der Waals surface area contributed by atoms with Crippen molar-refractivity contribution in [2.75, 3.05) is 0 Å². The van der Waals surface area contributed by atoms with Gasteiger partial charge in [0.1, 0.15) is 5.83 Å². The molecular weight excluding hydrogens is 171 g/mol. The molecule has 2 nitrogen and oxygen atoms in total. The molecule has 0 aliphatic heterocycles. The van der Waals surface area contributed by atoms with E-state index in [2.05, 4.69) is 12.7 Å². The summed E-state index contributed by atoms with van der Waals surface area (Å²) in [4.78, 5) is 9.11. The van der Waals surface area contributed by atoms with Gasteiger partial charge in [0.2, 0.25) is 0 Å². The topological polar surface area (TPSA) is 40.1 Å². The van der Waals surface area contributed by atoms with Gasteiger partial charge in [0, 0.05) is 0 Å². The Bertz CT molecular complexity index is 244. The second kappa shape index (κ2) is 4.21. The minimum absolute atomic E-state index is 1.08. The maximum Gasteiger partial charge on any atom is 0.138 e. The van der Waals surface area contributed by atoms with Crippen LogP contribution in [0.1, 0.15) is 25.7 Å². The number of hydrogen-bond donors (Lipinski definition) is 0. The van der Waals surface area contributed by atoms with E-state index in [1.54, 1.807) is 5.57 Å². The van der Waals surface area contributed by atoms with Crippen molar-refractivity contribution in [1.29, 1.82) is 0 Å². The third-order valence-corrected chi connectivity index (χ3v) is 2.39. The fraction of sp³-hybridized carbons (Fsp3) is 0.500. The van der Waals surface area contributed by atoms with Crippen LogP contribution in [0.25, 0.3) is 0 Å². The minimum Gasteiger partial charge on any atom is -0.542 e. The minimum atomic E-state index is -1.85. The number of carboxylic acid groups (broad SMARTS) is 1. The Kier molecular flexibility index (Phi) is 3.23. The monoisotopic (exact) mass is 183 g/mol. The number of carbonyl (C=O) groups excluding carboxylic acids is 1. The van der Waals surface area contributed by atoms with Crippen LogP contribution in [0, 0.1) is 5.92 Å². The molecule has 0 N–H and O–H groups in total. The molecule has 0 aromatic rings. The Morgan fingerprint density at radius 2 is 2.31 bits per heavy atom. The van der Waals surface area contributed by atoms with E-state index in [0.29, 0.717) is 0 Å². The quantitative estimate of drug-likeness (QED) is 0.454. The summed E-state index contributed by atoms with van der Waals surface area (Å²) in [6.07, 6.45) is 8.18. The molecule has 1 unspecified atom stereocenters. The molecule has 2 bridgehead atoms. The molecule has 0 aromatic heterocycles. The van der Waals surface area contributed by atoms with Crippen molar-refractivity contribution in [2.24, 2.45) is 5.92 Å². The van der Waals surface area contributed by atoms with Gasteiger partial charge in [0.15, 0.2) is 0 Å². The molecule has 2 rings (SSSR count). The first kappa shape index (κ1) is 9.96. The highest BCUT2D eigenvalue weighted by molar-refractivity contribution is 5.80. The van der Waals surface area contributed by atoms with Crippen LogP contribution in [0.4, 0.5) is 4.39 Å². The number of allylic oxidation sites excluding steroid dienone is 2. The zero-order valence-electron chi connectivity index (χ0n) is 7.38. The van der Waals surface area contributed by atoms with E-state index in [9.17, 15) is 4.39 Å². The highest BCUT2D eigenvalue weighted by Gasteiger charge is 2.22. The summed E-state index contributed by atoms with van der Waals surface area (Å²) in [5.41, 5.74) is 1.74. The predicted octanol–water partition coefficient (Wildman–Crippen LogP) is 1.34. The van der Waals surface area contributed by atoms with Gasteiger partial charge in [-0.2, -0.15) is 0 Å². The van der Waals surface area contributed by atoms with Gasteiger partial charge in [0.25, 0.3) is 0 Å². The second-order valence-electron chi connectivity index (χ2n) is 3.40. The van der Waals surface area contributed by atoms with Crippen molar-refractivity contribution < 1.29 is 14.3 Å². The summed E-state index contributed by atoms with van der Waals surface area (Å²) in [5.74, 6) is -2.21. The molecule has 0 radical (unpaired) electrons. The van der Waals surface area contributed by atoms with Gasteiger partial charge in [-0.25, -0.2) is 4.39 Å². The summed E-state index contributed by atoms with van der Waals surface area (Å²) in [6.45, 7) is 2.43. The number of carboxylic acids is 1. The molecule has 0 amide bonds. The van der Waals surface area contributed by atoms with Crippen LogP contribution >= 0.6 is 0 Å². The first-order valence-corrected chi connectivity index (χ1v) is 4.33. The average molecular weight is 183 g/mol. The van der Waals surface area contributed by atoms with Crippen LogP contribution in [0.5, 0.6) is 0 Å². The number of halogens is 1. The van der Waals surface area contributed by atoms with Crippen molar-refractivity contribution >= 4 is 5.97 Å². The van der Waals surface area contributed by atoms with Crippen LogP contribution in [-0.4, -0.2) is 5.97 Å². The summed E-state index contributed by atoms with van der Waals surface area (Å²) in [5, 5.41) is 9.11. The number of aliphatic carboxylic acids is 1. The zero-order valence-corrected chi connectivity index (χ0v) is 7.38. The van der Waals surface area contributed by atoms with Gasteiger partial charge < -0.3 is 9.90 Å². The molecule has 1 fully saturated rings. The van der Waals surface area contributed by atoms with Crippen molar-refractivity contribution in [3.05, 3.63) is 24.1 Å². The first-order chi connectivity index (χ1) is 6.09. The molecule has 0 heterocycles. The van der Waals surface area contributed by atoms with Crippen molar-refractivity contribution in [1.82, 2.24) is 0 Å². The lowest BCUT2D eigenvalue weighted by atomic mass is 10.1. The van der Waals surface area contributed by atoms with Crippen LogP contribution in [0.2, 0.25) is 0 Å². The lowest BCUT2D eigenvalue weighted by Crippen LogP contribution is -2.21. The predicted molar refractivity (Wildman–Crippen MR) is 45.3 cm³/mol. The van der Waals surface area contributed by atoms with Crippen LogP contribution in [-0.2, 0) is 4.79 Å². The van der Waals surface area contributed by atoms with Crippen molar-refractivity contribution in [2.45, 2.75) is 25.7 Å². The molecule has 72 valence electrons. The van der Waals surface area contributed by atoms with Crippen LogP contribution in [0.15, 0.2) is 24.1 Å². The SMILES string of the molecule is C1=C2CCC(C1)C2.C=C(F)C(=O)[O-]. The van der Waals surface area contributed by atoms with E-state index in [-0.39, 0.29) is 0 Å². The van der Waals surface area contributed by atoms with Gasteiger partial charge in [-0.3, -0.25) is 0 Å². The Hall–Kier alpha value is -1.12. The molecule has 2 aliphatic carbocycles. The molecule has 13 heavy (non-hydrogen) atoms. The fourth-order valence-corrected chi connectivity index (χ4v) is 1.68. The highest BCUT2D eigenvalue weighted by atomic mass is 19.1. The van der Waals surface area contributed by atoms with E-state index >= 15 is 0 Å². The lowest BCUT2D eigenvalue weighted by molar-refractivity contribution is -0.301. The molecule has 1 atom stereocenters.